The number of aromatic nitrogens is 2. The van der Waals surface area contributed by atoms with Crippen LogP contribution >= 0.6 is 0 Å². The van der Waals surface area contributed by atoms with E-state index in [1.54, 1.807) is 0 Å². The molecule has 0 aliphatic rings. The third-order valence-corrected chi connectivity index (χ3v) is 5.30. The van der Waals surface area contributed by atoms with Gasteiger partial charge in [0, 0.05) is 28.4 Å². The predicted molar refractivity (Wildman–Crippen MR) is 111 cm³/mol. The van der Waals surface area contributed by atoms with Crippen LogP contribution < -0.4 is 5.73 Å². The monoisotopic (exact) mass is 359 g/mol. The molecule has 27 heavy (non-hydrogen) atoms. The third kappa shape index (κ3) is 2.86. The van der Waals surface area contributed by atoms with Crippen molar-refractivity contribution in [2.45, 2.75) is 33.1 Å². The van der Waals surface area contributed by atoms with Gasteiger partial charge in [-0.1, -0.05) is 61.0 Å². The Hall–Kier alpha value is -2.85. The van der Waals surface area contributed by atoms with Crippen molar-refractivity contribution in [3.63, 3.8) is 0 Å². The first-order chi connectivity index (χ1) is 12.9. The molecule has 3 N–H and O–H groups in total. The number of aryl methyl sites for hydroxylation is 2. The second-order valence-electron chi connectivity index (χ2n) is 7.84. The van der Waals surface area contributed by atoms with Gasteiger partial charge in [-0.15, -0.1) is 0 Å². The van der Waals surface area contributed by atoms with E-state index < -0.39 is 0 Å². The fraction of sp³-hybridized carbons (Fsp3) is 0.261. The zero-order valence-corrected chi connectivity index (χ0v) is 16.3. The lowest BCUT2D eigenvalue weighted by Crippen LogP contribution is -2.28. The molecule has 0 amide bonds. The molecule has 0 saturated carbocycles. The molecule has 2 aromatic carbocycles. The summed E-state index contributed by atoms with van der Waals surface area (Å²) >= 11 is 0. The maximum atomic E-state index is 6.18. The largest absolute Gasteiger partial charge is 0.360 e. The average molecular weight is 359 g/mol. The molecule has 0 bridgehead atoms. The molecule has 0 fully saturated rings. The molecule has 4 aromatic rings. The summed E-state index contributed by atoms with van der Waals surface area (Å²) in [5.74, 6) is 0.797. The molecule has 0 spiro atoms. The Morgan fingerprint density at radius 1 is 1.07 bits per heavy atom. The summed E-state index contributed by atoms with van der Waals surface area (Å²) in [6, 6.07) is 16.6. The SMILES string of the molecule is Cc1ccc2[nH]c(-c3c(-c4ccccc4)noc3C)c(C(C)(C)CN)c2c1. The van der Waals surface area contributed by atoms with Crippen molar-refractivity contribution in [2.75, 3.05) is 6.54 Å². The lowest BCUT2D eigenvalue weighted by Gasteiger charge is -2.24. The van der Waals surface area contributed by atoms with E-state index >= 15 is 0 Å². The lowest BCUT2D eigenvalue weighted by molar-refractivity contribution is 0.400. The van der Waals surface area contributed by atoms with Crippen LogP contribution in [-0.2, 0) is 5.41 Å². The van der Waals surface area contributed by atoms with Crippen molar-refractivity contribution in [1.82, 2.24) is 10.1 Å². The smallest absolute Gasteiger partial charge is 0.143 e. The van der Waals surface area contributed by atoms with E-state index in [1.165, 1.54) is 16.5 Å². The number of benzene rings is 2. The van der Waals surface area contributed by atoms with Crippen molar-refractivity contribution in [3.8, 4) is 22.5 Å². The van der Waals surface area contributed by atoms with Crippen molar-refractivity contribution < 1.29 is 4.52 Å². The maximum Gasteiger partial charge on any atom is 0.143 e. The predicted octanol–water partition coefficient (Wildman–Crippen LogP) is 5.34. The molecular weight excluding hydrogens is 334 g/mol. The van der Waals surface area contributed by atoms with Crippen LogP contribution in [-0.4, -0.2) is 16.7 Å². The van der Waals surface area contributed by atoms with Gasteiger partial charge in [-0.05, 0) is 31.5 Å². The Labute approximate surface area is 159 Å². The molecule has 2 heterocycles. The van der Waals surface area contributed by atoms with Gasteiger partial charge in [0.1, 0.15) is 11.5 Å². The highest BCUT2D eigenvalue weighted by Crippen LogP contribution is 2.43. The highest BCUT2D eigenvalue weighted by Gasteiger charge is 2.30. The van der Waals surface area contributed by atoms with Crippen LogP contribution in [0, 0.1) is 13.8 Å². The average Bonchev–Trinajstić information content (AvgIpc) is 3.22. The van der Waals surface area contributed by atoms with Crippen LogP contribution in [0.5, 0.6) is 0 Å². The molecule has 138 valence electrons. The van der Waals surface area contributed by atoms with Crippen LogP contribution in [0.15, 0.2) is 53.1 Å². The van der Waals surface area contributed by atoms with Crippen LogP contribution in [0.25, 0.3) is 33.4 Å². The van der Waals surface area contributed by atoms with Gasteiger partial charge >= 0.3 is 0 Å². The first-order valence-corrected chi connectivity index (χ1v) is 9.27. The first-order valence-electron chi connectivity index (χ1n) is 9.27. The fourth-order valence-electron chi connectivity index (χ4n) is 3.76. The van der Waals surface area contributed by atoms with Crippen molar-refractivity contribution in [2.24, 2.45) is 5.73 Å². The van der Waals surface area contributed by atoms with Crippen molar-refractivity contribution >= 4 is 10.9 Å². The summed E-state index contributed by atoms with van der Waals surface area (Å²) in [6.07, 6.45) is 0. The molecule has 0 radical (unpaired) electrons. The molecular formula is C23H25N3O. The molecule has 0 aliphatic heterocycles. The Bertz CT molecular complexity index is 1100. The number of nitrogens with one attached hydrogen (secondary N) is 1. The number of hydrogen-bond acceptors (Lipinski definition) is 3. The number of nitrogens with zero attached hydrogens (tertiary/aromatic N) is 1. The van der Waals surface area contributed by atoms with E-state index in [4.69, 9.17) is 10.3 Å². The molecule has 0 saturated heterocycles. The molecule has 0 atom stereocenters. The van der Waals surface area contributed by atoms with E-state index in [1.807, 2.05) is 25.1 Å². The zero-order valence-electron chi connectivity index (χ0n) is 16.3. The molecule has 0 unspecified atom stereocenters. The van der Waals surface area contributed by atoms with Gasteiger partial charge in [0.2, 0.25) is 0 Å². The fourth-order valence-corrected chi connectivity index (χ4v) is 3.76. The summed E-state index contributed by atoms with van der Waals surface area (Å²) in [5, 5.41) is 5.58. The molecule has 2 aromatic heterocycles. The topological polar surface area (TPSA) is 67.8 Å². The Morgan fingerprint density at radius 3 is 2.52 bits per heavy atom. The van der Waals surface area contributed by atoms with Gasteiger partial charge in [-0.2, -0.15) is 0 Å². The third-order valence-electron chi connectivity index (χ3n) is 5.30. The highest BCUT2D eigenvalue weighted by atomic mass is 16.5. The summed E-state index contributed by atoms with van der Waals surface area (Å²) in [4.78, 5) is 3.63. The molecule has 4 nitrogen and oxygen atoms in total. The Kier molecular flexibility index (Phi) is 4.16. The first kappa shape index (κ1) is 17.6. The maximum absolute atomic E-state index is 6.18. The van der Waals surface area contributed by atoms with Gasteiger partial charge in [0.15, 0.2) is 0 Å². The summed E-state index contributed by atoms with van der Waals surface area (Å²) in [5.41, 5.74) is 13.5. The number of hydrogen-bond donors (Lipinski definition) is 2. The minimum Gasteiger partial charge on any atom is -0.360 e. The number of rotatable bonds is 4. The van der Waals surface area contributed by atoms with E-state index in [0.717, 1.165) is 33.8 Å². The zero-order chi connectivity index (χ0) is 19.2. The van der Waals surface area contributed by atoms with Crippen LogP contribution in [0.4, 0.5) is 0 Å². The summed E-state index contributed by atoms with van der Waals surface area (Å²) in [6.45, 7) is 9.00. The van der Waals surface area contributed by atoms with Gasteiger partial charge in [-0.3, -0.25) is 0 Å². The van der Waals surface area contributed by atoms with Crippen LogP contribution in [0.2, 0.25) is 0 Å². The van der Waals surface area contributed by atoms with E-state index in [9.17, 15) is 0 Å². The van der Waals surface area contributed by atoms with Crippen LogP contribution in [0.1, 0.15) is 30.7 Å². The number of fused-ring (bicyclic) bond motifs is 1. The molecule has 4 heteroatoms. The van der Waals surface area contributed by atoms with Gasteiger partial charge in [0.05, 0.1) is 11.3 Å². The summed E-state index contributed by atoms with van der Waals surface area (Å²) < 4.78 is 5.62. The van der Waals surface area contributed by atoms with E-state index in [2.05, 4.69) is 61.2 Å². The standard InChI is InChI=1S/C23H25N3O/c1-14-10-11-18-17(12-14)20(23(3,4)13-24)22(25-18)19-15(2)27-26-21(19)16-8-6-5-7-9-16/h5-12,25H,13,24H2,1-4H3. The highest BCUT2D eigenvalue weighted by molar-refractivity contribution is 5.95. The number of aromatic amines is 1. The van der Waals surface area contributed by atoms with E-state index in [-0.39, 0.29) is 5.41 Å². The molecule has 0 aliphatic carbocycles. The minimum absolute atomic E-state index is 0.195. The van der Waals surface area contributed by atoms with Gasteiger partial charge in [0.25, 0.3) is 0 Å². The minimum atomic E-state index is -0.195. The quantitative estimate of drug-likeness (QED) is 0.516. The molecule has 4 rings (SSSR count). The second-order valence-corrected chi connectivity index (χ2v) is 7.84. The number of nitrogens with two attached hydrogens (primary N) is 1. The van der Waals surface area contributed by atoms with Crippen molar-refractivity contribution in [1.29, 1.82) is 0 Å². The number of H-pyrrole nitrogens is 1. The van der Waals surface area contributed by atoms with Crippen LogP contribution in [0.3, 0.4) is 0 Å². The Morgan fingerprint density at radius 2 is 1.81 bits per heavy atom. The van der Waals surface area contributed by atoms with E-state index in [0.29, 0.717) is 6.54 Å². The normalized spacial score (nSPS) is 12.0. The Balaban J connectivity index is 2.07. The van der Waals surface area contributed by atoms with Gasteiger partial charge < -0.3 is 15.2 Å². The lowest BCUT2D eigenvalue weighted by atomic mass is 9.81. The summed E-state index contributed by atoms with van der Waals surface area (Å²) in [7, 11) is 0. The van der Waals surface area contributed by atoms with Gasteiger partial charge in [-0.25, -0.2) is 0 Å². The van der Waals surface area contributed by atoms with Crippen molar-refractivity contribution in [3.05, 3.63) is 65.4 Å². The second kappa shape index (κ2) is 6.39.